The van der Waals surface area contributed by atoms with Crippen molar-refractivity contribution >= 4 is 5.69 Å². The Morgan fingerprint density at radius 3 is 2.40 bits per heavy atom. The van der Waals surface area contributed by atoms with E-state index in [0.717, 1.165) is 0 Å². The largest absolute Gasteiger partial charge is 0.349 e. The zero-order chi connectivity index (χ0) is 7.40. The minimum absolute atomic E-state index is 0.368. The fourth-order valence-corrected chi connectivity index (χ4v) is 0.589. The van der Waals surface area contributed by atoms with E-state index >= 15 is 0 Å². The third-order valence-corrected chi connectivity index (χ3v) is 0.953. The fraction of sp³-hybridized carbons (Fsp3) is 0. The molecule has 0 spiro atoms. The first kappa shape index (κ1) is 6.54. The van der Waals surface area contributed by atoms with Crippen LogP contribution < -0.4 is 0 Å². The van der Waals surface area contributed by atoms with Gasteiger partial charge in [0.2, 0.25) is 0 Å². The summed E-state index contributed by atoms with van der Waals surface area (Å²) in [7, 11) is 0. The molecule has 0 radical (unpaired) electrons. The molecule has 0 bridgehead atoms. The molecule has 0 aliphatic rings. The second-order valence-electron chi connectivity index (χ2n) is 1.67. The minimum Gasteiger partial charge on any atom is -0.349 e. The van der Waals surface area contributed by atoms with E-state index in [2.05, 4.69) is 5.43 Å². The Hall–Kier alpha value is -1.58. The number of hydrogen-bond acceptors (Lipinski definition) is 2. The Bertz CT molecular complexity index is 222. The number of nitro groups is 1. The lowest BCUT2D eigenvalue weighted by Gasteiger charge is -2.07. The van der Waals surface area contributed by atoms with Gasteiger partial charge in [0, 0.05) is 0 Å². The second-order valence-corrected chi connectivity index (χ2v) is 1.67. The van der Waals surface area contributed by atoms with Gasteiger partial charge in [-0.05, 0) is 5.03 Å². The molecule has 1 aromatic rings. The molecule has 0 aliphatic heterocycles. The van der Waals surface area contributed by atoms with Crippen LogP contribution >= 0.6 is 0 Å². The van der Waals surface area contributed by atoms with Crippen molar-refractivity contribution in [1.82, 2.24) is 0 Å². The predicted octanol–water partition coefficient (Wildman–Crippen LogP) is 1.88. The summed E-state index contributed by atoms with van der Waals surface area (Å²) in [5.74, 6) is 0. The van der Waals surface area contributed by atoms with Crippen LogP contribution in [0.3, 0.4) is 0 Å². The van der Waals surface area contributed by atoms with E-state index in [1.165, 1.54) is 0 Å². The summed E-state index contributed by atoms with van der Waals surface area (Å²) in [5, 5.41) is 9.09. The first-order chi connectivity index (χ1) is 4.79. The Balaban J connectivity index is 2.67. The zero-order valence-corrected chi connectivity index (χ0v) is 5.10. The molecule has 0 atom stereocenters. The normalized spacial score (nSPS) is 8.80. The van der Waals surface area contributed by atoms with E-state index in [9.17, 15) is 10.1 Å². The summed E-state index contributed by atoms with van der Waals surface area (Å²) in [5.41, 5.74) is 3.45. The van der Waals surface area contributed by atoms with Crippen LogP contribution in [0.25, 0.3) is 5.43 Å². The van der Waals surface area contributed by atoms with Crippen molar-refractivity contribution in [2.24, 2.45) is 0 Å². The topological polar surface area (TPSA) is 57.2 Å². The maximum atomic E-state index is 9.81. The molecule has 1 rings (SSSR count). The highest BCUT2D eigenvalue weighted by Gasteiger charge is 1.80. The van der Waals surface area contributed by atoms with E-state index < -0.39 is 5.03 Å². The van der Waals surface area contributed by atoms with Gasteiger partial charge in [-0.2, -0.15) is 0 Å². The van der Waals surface area contributed by atoms with Gasteiger partial charge in [0.1, 0.15) is 0 Å². The van der Waals surface area contributed by atoms with Gasteiger partial charge in [0.05, 0.1) is 0 Å². The molecule has 1 aromatic carbocycles. The summed E-state index contributed by atoms with van der Waals surface area (Å²) in [4.78, 5) is 9.81. The van der Waals surface area contributed by atoms with Gasteiger partial charge in [-0.1, -0.05) is 36.0 Å². The Morgan fingerprint density at radius 1 is 1.30 bits per heavy atom. The van der Waals surface area contributed by atoms with E-state index in [1.54, 1.807) is 30.3 Å². The van der Waals surface area contributed by atoms with Crippen LogP contribution in [-0.2, 0) is 0 Å². The van der Waals surface area contributed by atoms with Crippen LogP contribution in [0, 0.1) is 10.1 Å². The van der Waals surface area contributed by atoms with Crippen molar-refractivity contribution in [1.29, 1.82) is 0 Å². The minimum atomic E-state index is -0.713. The fourth-order valence-electron chi connectivity index (χ4n) is 0.589. The molecule has 0 heterocycles. The van der Waals surface area contributed by atoms with Crippen LogP contribution in [-0.4, -0.2) is 5.03 Å². The molecule has 0 N–H and O–H groups in total. The number of benzene rings is 1. The van der Waals surface area contributed by atoms with Crippen LogP contribution in [0.2, 0.25) is 0 Å². The summed E-state index contributed by atoms with van der Waals surface area (Å²) < 4.78 is 0. The maximum Gasteiger partial charge on any atom is -0.00889 e. The highest BCUT2D eigenvalue weighted by molar-refractivity contribution is 5.43. The van der Waals surface area contributed by atoms with Crippen LogP contribution in [0.15, 0.2) is 30.3 Å². The van der Waals surface area contributed by atoms with Gasteiger partial charge in [-0.3, -0.25) is 10.1 Å². The van der Waals surface area contributed by atoms with Gasteiger partial charge < -0.3 is 5.43 Å². The molecule has 0 aromatic heterocycles. The number of hydrogen-bond donors (Lipinski definition) is 0. The molecule has 0 unspecified atom stereocenters. The Labute approximate surface area is 57.6 Å². The van der Waals surface area contributed by atoms with Gasteiger partial charge in [-0.15, -0.1) is 0 Å². The molecule has 0 saturated carbocycles. The van der Waals surface area contributed by atoms with E-state index in [-0.39, 0.29) is 0 Å². The third-order valence-electron chi connectivity index (χ3n) is 0.953. The lowest BCUT2D eigenvalue weighted by Crippen LogP contribution is -1.84. The molecular formula is C6H5N2O2-. The number of rotatable bonds is 2. The second kappa shape index (κ2) is 2.82. The monoisotopic (exact) mass is 137 g/mol. The molecular weight excluding hydrogens is 132 g/mol. The average molecular weight is 137 g/mol. The number of nitrogens with zero attached hydrogens (tertiary/aromatic N) is 2. The molecule has 10 heavy (non-hydrogen) atoms. The highest BCUT2D eigenvalue weighted by atomic mass is 16.7. The van der Waals surface area contributed by atoms with Gasteiger partial charge in [0.25, 0.3) is 0 Å². The lowest BCUT2D eigenvalue weighted by molar-refractivity contribution is -0.418. The standard InChI is InChI=1S/C6H5N2O2/c9-8(10)7-6-4-2-1-3-5-6/h1-5H/q-1. The average Bonchev–Trinajstić information content (AvgIpc) is 1.88. The highest BCUT2D eigenvalue weighted by Crippen LogP contribution is 2.15. The molecule has 0 fully saturated rings. The van der Waals surface area contributed by atoms with Crippen LogP contribution in [0.4, 0.5) is 5.69 Å². The van der Waals surface area contributed by atoms with Gasteiger partial charge >= 0.3 is 0 Å². The molecule has 4 heteroatoms. The predicted molar refractivity (Wildman–Crippen MR) is 36.5 cm³/mol. The van der Waals surface area contributed by atoms with Crippen molar-refractivity contribution in [3.63, 3.8) is 0 Å². The van der Waals surface area contributed by atoms with Crippen molar-refractivity contribution in [2.75, 3.05) is 0 Å². The maximum absolute atomic E-state index is 9.81. The quantitative estimate of drug-likeness (QED) is 0.461. The van der Waals surface area contributed by atoms with Crippen molar-refractivity contribution < 1.29 is 5.03 Å². The molecule has 0 aliphatic carbocycles. The molecule has 4 nitrogen and oxygen atoms in total. The molecule has 0 saturated heterocycles. The summed E-state index contributed by atoms with van der Waals surface area (Å²) in [6.45, 7) is 0. The molecule has 52 valence electrons. The van der Waals surface area contributed by atoms with E-state index in [4.69, 9.17) is 0 Å². The Morgan fingerprint density at radius 2 is 1.90 bits per heavy atom. The SMILES string of the molecule is O=[N+]([O-])[N-]c1ccccc1. The van der Waals surface area contributed by atoms with Gasteiger partial charge in [0.15, 0.2) is 0 Å². The van der Waals surface area contributed by atoms with Gasteiger partial charge in [-0.25, -0.2) is 0 Å². The third kappa shape index (κ3) is 1.74. The van der Waals surface area contributed by atoms with E-state index in [0.29, 0.717) is 5.69 Å². The van der Waals surface area contributed by atoms with Crippen LogP contribution in [0.1, 0.15) is 0 Å². The lowest BCUT2D eigenvalue weighted by atomic mass is 10.3. The zero-order valence-electron chi connectivity index (χ0n) is 5.10. The smallest absolute Gasteiger partial charge is 0.00889 e. The molecule has 0 amide bonds. The first-order valence-electron chi connectivity index (χ1n) is 2.70. The summed E-state index contributed by atoms with van der Waals surface area (Å²) in [6.07, 6.45) is 0. The van der Waals surface area contributed by atoms with Crippen LogP contribution in [0.5, 0.6) is 0 Å². The first-order valence-corrected chi connectivity index (χ1v) is 2.70. The Kier molecular flexibility index (Phi) is 1.84. The van der Waals surface area contributed by atoms with Crippen molar-refractivity contribution in [3.8, 4) is 0 Å². The van der Waals surface area contributed by atoms with Crippen molar-refractivity contribution in [3.05, 3.63) is 45.9 Å². The summed E-state index contributed by atoms with van der Waals surface area (Å²) >= 11 is 0. The van der Waals surface area contributed by atoms with Crippen molar-refractivity contribution in [2.45, 2.75) is 0 Å². The summed E-state index contributed by atoms with van der Waals surface area (Å²) in [6, 6.07) is 8.31. The van der Waals surface area contributed by atoms with E-state index in [1.807, 2.05) is 0 Å².